The van der Waals surface area contributed by atoms with E-state index in [4.69, 9.17) is 11.6 Å². The first-order valence-electron chi connectivity index (χ1n) is 8.59. The number of hydrogen-bond donors (Lipinski definition) is 2. The fourth-order valence-corrected chi connectivity index (χ4v) is 5.96. The highest BCUT2D eigenvalue weighted by atomic mass is 35.5. The minimum absolute atomic E-state index is 0.0905. The fourth-order valence-electron chi connectivity index (χ4n) is 4.16. The molecule has 2 aliphatic rings. The summed E-state index contributed by atoms with van der Waals surface area (Å²) in [5.41, 5.74) is 0.685. The summed E-state index contributed by atoms with van der Waals surface area (Å²) in [7, 11) is -3.58. The topological polar surface area (TPSA) is 58.2 Å². The van der Waals surface area contributed by atoms with Gasteiger partial charge in [-0.1, -0.05) is 17.7 Å². The largest absolute Gasteiger partial charge is 0.307 e. The molecule has 0 spiro atoms. The molecule has 0 radical (unpaired) electrons. The average molecular weight is 371 g/mol. The maximum absolute atomic E-state index is 13.0. The molecule has 2 fully saturated rings. The zero-order chi connectivity index (χ0) is 17.8. The molecule has 0 amide bonds. The lowest BCUT2D eigenvalue weighted by molar-refractivity contribution is 0.157. The van der Waals surface area contributed by atoms with Gasteiger partial charge in [0, 0.05) is 22.1 Å². The van der Waals surface area contributed by atoms with Crippen LogP contribution in [0.5, 0.6) is 0 Å². The molecular weight excluding hydrogens is 344 g/mol. The van der Waals surface area contributed by atoms with Crippen LogP contribution in [0.3, 0.4) is 0 Å². The molecule has 0 atom stereocenters. The molecule has 1 aromatic carbocycles. The van der Waals surface area contributed by atoms with Gasteiger partial charge in [0.2, 0.25) is 10.0 Å². The van der Waals surface area contributed by atoms with E-state index in [0.717, 1.165) is 31.2 Å². The van der Waals surface area contributed by atoms with Crippen molar-refractivity contribution in [1.82, 2.24) is 10.0 Å². The maximum Gasteiger partial charge on any atom is 0.241 e. The van der Waals surface area contributed by atoms with E-state index in [1.54, 1.807) is 12.1 Å². The van der Waals surface area contributed by atoms with Crippen LogP contribution >= 0.6 is 11.6 Å². The van der Waals surface area contributed by atoms with Crippen LogP contribution in [0.15, 0.2) is 23.1 Å². The van der Waals surface area contributed by atoms with Crippen molar-refractivity contribution < 1.29 is 8.42 Å². The Balaban J connectivity index is 1.88. The highest BCUT2D eigenvalue weighted by Gasteiger charge is 2.40. The smallest absolute Gasteiger partial charge is 0.241 e. The van der Waals surface area contributed by atoms with Gasteiger partial charge in [0.15, 0.2) is 0 Å². The molecule has 1 aliphatic heterocycles. The van der Waals surface area contributed by atoms with Gasteiger partial charge < -0.3 is 5.32 Å². The fraction of sp³-hybridized carbons (Fsp3) is 0.667. The van der Waals surface area contributed by atoms with Crippen LogP contribution in [-0.4, -0.2) is 25.5 Å². The maximum atomic E-state index is 13.0. The van der Waals surface area contributed by atoms with Gasteiger partial charge in [0.25, 0.3) is 0 Å². The van der Waals surface area contributed by atoms with Crippen LogP contribution in [0.4, 0.5) is 0 Å². The van der Waals surface area contributed by atoms with E-state index >= 15 is 0 Å². The van der Waals surface area contributed by atoms with E-state index < -0.39 is 10.0 Å². The van der Waals surface area contributed by atoms with Crippen molar-refractivity contribution in [3.63, 3.8) is 0 Å². The Bertz CT molecular complexity index is 723. The monoisotopic (exact) mass is 370 g/mol. The first-order valence-corrected chi connectivity index (χ1v) is 10.4. The second-order valence-corrected chi connectivity index (χ2v) is 10.7. The van der Waals surface area contributed by atoms with Gasteiger partial charge in [0.05, 0.1) is 4.90 Å². The summed E-state index contributed by atoms with van der Waals surface area (Å²) in [5, 5.41) is 4.04. The molecule has 1 aromatic rings. The predicted octanol–water partition coefficient (Wildman–Crippen LogP) is 3.80. The SMILES string of the molecule is CC1(C)CC(NS(=O)(=O)c2cc(Cl)ccc2C2CC2)CC(C)(C)N1. The normalized spacial score (nSPS) is 24.0. The molecule has 0 aromatic heterocycles. The summed E-state index contributed by atoms with van der Waals surface area (Å²) < 4.78 is 29.0. The summed E-state index contributed by atoms with van der Waals surface area (Å²) in [5.74, 6) is 0.356. The second kappa shape index (κ2) is 5.97. The van der Waals surface area contributed by atoms with Crippen molar-refractivity contribution in [3.05, 3.63) is 28.8 Å². The van der Waals surface area contributed by atoms with Gasteiger partial charge in [0.1, 0.15) is 0 Å². The molecule has 4 nitrogen and oxygen atoms in total. The van der Waals surface area contributed by atoms with Crippen LogP contribution in [0, 0.1) is 0 Å². The van der Waals surface area contributed by atoms with E-state index in [1.807, 2.05) is 6.07 Å². The van der Waals surface area contributed by atoms with Gasteiger partial charge in [-0.2, -0.15) is 0 Å². The standard InChI is InChI=1S/C18H27ClN2O2S/c1-17(2)10-14(11-18(3,4)21-17)20-24(22,23)16-9-13(19)7-8-15(16)12-5-6-12/h7-9,12,14,20-21H,5-6,10-11H2,1-4H3. The molecule has 3 rings (SSSR count). The first kappa shape index (κ1) is 18.2. The zero-order valence-corrected chi connectivity index (χ0v) is 16.4. The predicted molar refractivity (Wildman–Crippen MR) is 98.1 cm³/mol. The second-order valence-electron chi connectivity index (χ2n) is 8.58. The highest BCUT2D eigenvalue weighted by Crippen LogP contribution is 2.43. The summed E-state index contributed by atoms with van der Waals surface area (Å²) >= 11 is 6.08. The lowest BCUT2D eigenvalue weighted by atomic mass is 9.80. The minimum atomic E-state index is -3.58. The van der Waals surface area contributed by atoms with Crippen LogP contribution in [0.25, 0.3) is 0 Å². The molecular formula is C18H27ClN2O2S. The van der Waals surface area contributed by atoms with Crippen LogP contribution in [0.2, 0.25) is 5.02 Å². The number of nitrogens with one attached hydrogen (secondary N) is 2. The minimum Gasteiger partial charge on any atom is -0.307 e. The van der Waals surface area contributed by atoms with Crippen molar-refractivity contribution in [3.8, 4) is 0 Å². The van der Waals surface area contributed by atoms with E-state index in [2.05, 4.69) is 37.7 Å². The molecule has 6 heteroatoms. The molecule has 1 heterocycles. The summed E-state index contributed by atoms with van der Waals surface area (Å²) in [6.45, 7) is 8.46. The van der Waals surface area contributed by atoms with Crippen molar-refractivity contribution >= 4 is 21.6 Å². The third kappa shape index (κ3) is 4.13. The molecule has 0 unspecified atom stereocenters. The molecule has 24 heavy (non-hydrogen) atoms. The van der Waals surface area contributed by atoms with Gasteiger partial charge in [-0.3, -0.25) is 0 Å². The Hall–Kier alpha value is -0.620. The van der Waals surface area contributed by atoms with E-state index in [0.29, 0.717) is 15.8 Å². The number of piperidine rings is 1. The van der Waals surface area contributed by atoms with Crippen molar-refractivity contribution in [2.45, 2.75) is 81.3 Å². The Labute approximate surface area is 150 Å². The Morgan fingerprint density at radius 3 is 2.25 bits per heavy atom. The quantitative estimate of drug-likeness (QED) is 0.847. The zero-order valence-electron chi connectivity index (χ0n) is 14.8. The van der Waals surface area contributed by atoms with Gasteiger partial charge >= 0.3 is 0 Å². The van der Waals surface area contributed by atoms with Crippen molar-refractivity contribution in [2.75, 3.05) is 0 Å². The third-order valence-electron chi connectivity index (χ3n) is 4.79. The van der Waals surface area contributed by atoms with E-state index in [1.165, 1.54) is 0 Å². The van der Waals surface area contributed by atoms with Crippen molar-refractivity contribution in [1.29, 1.82) is 0 Å². The Morgan fingerprint density at radius 1 is 1.12 bits per heavy atom. The van der Waals surface area contributed by atoms with Gasteiger partial charge in [-0.15, -0.1) is 0 Å². The molecule has 0 bridgehead atoms. The molecule has 134 valence electrons. The van der Waals surface area contributed by atoms with Crippen LogP contribution in [0.1, 0.15) is 64.9 Å². The van der Waals surface area contributed by atoms with E-state index in [9.17, 15) is 8.42 Å². The number of hydrogen-bond acceptors (Lipinski definition) is 3. The van der Waals surface area contributed by atoms with Gasteiger partial charge in [-0.05, 0) is 77.0 Å². The average Bonchev–Trinajstić information content (AvgIpc) is 3.18. The highest BCUT2D eigenvalue weighted by molar-refractivity contribution is 7.89. The summed E-state index contributed by atoms with van der Waals surface area (Å²) in [4.78, 5) is 0.353. The number of sulfonamides is 1. The van der Waals surface area contributed by atoms with Crippen LogP contribution < -0.4 is 10.0 Å². The number of halogens is 1. The lowest BCUT2D eigenvalue weighted by Gasteiger charge is -2.46. The van der Waals surface area contributed by atoms with E-state index in [-0.39, 0.29) is 17.1 Å². The lowest BCUT2D eigenvalue weighted by Crippen LogP contribution is -2.62. The Kier molecular flexibility index (Phi) is 4.53. The summed E-state index contributed by atoms with van der Waals surface area (Å²) in [6, 6.07) is 5.15. The molecule has 1 saturated heterocycles. The van der Waals surface area contributed by atoms with Gasteiger partial charge in [-0.25, -0.2) is 13.1 Å². The van der Waals surface area contributed by atoms with Crippen molar-refractivity contribution in [2.24, 2.45) is 0 Å². The molecule has 1 saturated carbocycles. The number of rotatable bonds is 4. The summed E-state index contributed by atoms with van der Waals surface area (Å²) in [6.07, 6.45) is 3.62. The Morgan fingerprint density at radius 2 is 1.71 bits per heavy atom. The third-order valence-corrected chi connectivity index (χ3v) is 6.61. The first-order chi connectivity index (χ1) is 11.0. The molecule has 1 aliphatic carbocycles. The van der Waals surface area contributed by atoms with Crippen LogP contribution in [-0.2, 0) is 10.0 Å². The molecule has 2 N–H and O–H groups in total. The number of benzene rings is 1.